The van der Waals surface area contributed by atoms with Gasteiger partial charge in [-0.25, -0.2) is 4.79 Å². The Bertz CT molecular complexity index is 583. The summed E-state index contributed by atoms with van der Waals surface area (Å²) in [4.78, 5) is 11.5. The summed E-state index contributed by atoms with van der Waals surface area (Å²) in [6, 6.07) is 3.48. The Morgan fingerprint density at radius 1 is 1.09 bits per heavy atom. The van der Waals surface area contributed by atoms with Crippen LogP contribution in [0.15, 0.2) is 12.1 Å². The first kappa shape index (κ1) is 18.5. The van der Waals surface area contributed by atoms with E-state index < -0.39 is 11.7 Å². The first-order valence-corrected chi connectivity index (χ1v) is 7.06. The summed E-state index contributed by atoms with van der Waals surface area (Å²) in [5.74, 6) is 7.33. The molecular weight excluding hydrogens is 298 g/mol. The van der Waals surface area contributed by atoms with Crippen LogP contribution in [-0.2, 0) is 4.74 Å². The smallest absolute Gasteiger partial charge is 0.408 e. The Balaban J connectivity index is 2.77. The Morgan fingerprint density at radius 3 is 2.09 bits per heavy atom. The van der Waals surface area contributed by atoms with Gasteiger partial charge in [0.15, 0.2) is 11.5 Å². The molecule has 0 aliphatic heterocycles. The molecule has 6 heteroatoms. The van der Waals surface area contributed by atoms with Crippen molar-refractivity contribution in [3.63, 3.8) is 0 Å². The van der Waals surface area contributed by atoms with E-state index in [2.05, 4.69) is 17.2 Å². The average molecular weight is 321 g/mol. The van der Waals surface area contributed by atoms with Gasteiger partial charge in [-0.05, 0) is 32.9 Å². The number of methoxy groups -OCH3 is 3. The quantitative estimate of drug-likeness (QED) is 0.864. The fourth-order valence-electron chi connectivity index (χ4n) is 1.73. The Hall–Kier alpha value is -2.55. The first-order valence-electron chi connectivity index (χ1n) is 7.06. The van der Waals surface area contributed by atoms with Gasteiger partial charge in [0.2, 0.25) is 5.75 Å². The number of ether oxygens (including phenoxy) is 4. The zero-order valence-corrected chi connectivity index (χ0v) is 14.4. The molecule has 1 rings (SSSR count). The maximum Gasteiger partial charge on any atom is 0.408 e. The van der Waals surface area contributed by atoms with Crippen LogP contribution < -0.4 is 19.5 Å². The Morgan fingerprint density at radius 2 is 1.65 bits per heavy atom. The molecule has 1 amide bonds. The highest BCUT2D eigenvalue weighted by atomic mass is 16.6. The van der Waals surface area contributed by atoms with Crippen molar-refractivity contribution in [1.29, 1.82) is 0 Å². The molecule has 0 saturated carbocycles. The molecule has 0 radical (unpaired) electrons. The largest absolute Gasteiger partial charge is 0.493 e. The number of nitrogens with one attached hydrogen (secondary N) is 1. The van der Waals surface area contributed by atoms with E-state index in [-0.39, 0.29) is 6.54 Å². The summed E-state index contributed by atoms with van der Waals surface area (Å²) in [7, 11) is 4.62. The molecule has 0 aliphatic carbocycles. The molecule has 0 heterocycles. The van der Waals surface area contributed by atoms with Crippen LogP contribution >= 0.6 is 0 Å². The predicted molar refractivity (Wildman–Crippen MR) is 87.2 cm³/mol. The van der Waals surface area contributed by atoms with Gasteiger partial charge in [0.25, 0.3) is 0 Å². The number of carbonyl (C=O) groups excluding carboxylic acids is 1. The van der Waals surface area contributed by atoms with E-state index in [9.17, 15) is 4.79 Å². The highest BCUT2D eigenvalue weighted by Gasteiger charge is 2.15. The molecule has 0 aromatic heterocycles. The first-order chi connectivity index (χ1) is 10.8. The minimum Gasteiger partial charge on any atom is -0.493 e. The van der Waals surface area contributed by atoms with Gasteiger partial charge in [-0.3, -0.25) is 0 Å². The predicted octanol–water partition coefficient (Wildman–Crippen LogP) is 2.59. The van der Waals surface area contributed by atoms with Crippen LogP contribution in [0, 0.1) is 11.8 Å². The van der Waals surface area contributed by atoms with E-state index in [1.807, 2.05) is 0 Å². The minimum absolute atomic E-state index is 0.172. The number of hydrogen-bond acceptors (Lipinski definition) is 5. The highest BCUT2D eigenvalue weighted by molar-refractivity contribution is 5.68. The van der Waals surface area contributed by atoms with Gasteiger partial charge in [0.1, 0.15) is 5.60 Å². The highest BCUT2D eigenvalue weighted by Crippen LogP contribution is 2.37. The second-order valence-electron chi connectivity index (χ2n) is 5.57. The van der Waals surface area contributed by atoms with Crippen LogP contribution in [0.1, 0.15) is 26.3 Å². The summed E-state index contributed by atoms with van der Waals surface area (Å²) >= 11 is 0. The topological polar surface area (TPSA) is 66.0 Å². The number of rotatable bonds is 4. The lowest BCUT2D eigenvalue weighted by molar-refractivity contribution is 0.0535. The Kier molecular flexibility index (Phi) is 6.58. The fourth-order valence-corrected chi connectivity index (χ4v) is 1.73. The molecule has 23 heavy (non-hydrogen) atoms. The fraction of sp³-hybridized carbons (Fsp3) is 0.471. The third-order valence-electron chi connectivity index (χ3n) is 2.62. The average Bonchev–Trinajstić information content (AvgIpc) is 2.48. The summed E-state index contributed by atoms with van der Waals surface area (Å²) in [6.45, 7) is 5.57. The lowest BCUT2D eigenvalue weighted by Crippen LogP contribution is -2.32. The van der Waals surface area contributed by atoms with Crippen LogP contribution in [0.2, 0.25) is 0 Å². The molecular formula is C17H23NO5. The Labute approximate surface area is 137 Å². The van der Waals surface area contributed by atoms with E-state index in [4.69, 9.17) is 18.9 Å². The van der Waals surface area contributed by atoms with Gasteiger partial charge in [0.05, 0.1) is 27.9 Å². The van der Waals surface area contributed by atoms with Gasteiger partial charge < -0.3 is 24.3 Å². The van der Waals surface area contributed by atoms with Gasteiger partial charge in [-0.1, -0.05) is 11.8 Å². The standard InChI is InChI=1S/C17H23NO5/c1-17(2,3)23-16(19)18-9-7-8-12-10-13(20-4)15(22-6)14(11-12)21-5/h10-11H,9H2,1-6H3,(H,18,19). The van der Waals surface area contributed by atoms with Crippen molar-refractivity contribution in [3.8, 4) is 29.1 Å². The summed E-state index contributed by atoms with van der Waals surface area (Å²) < 4.78 is 20.9. The lowest BCUT2D eigenvalue weighted by atomic mass is 10.2. The third kappa shape index (κ3) is 5.99. The SMILES string of the molecule is COc1cc(C#CCNC(=O)OC(C)(C)C)cc(OC)c1OC. The molecule has 1 N–H and O–H groups in total. The molecule has 0 spiro atoms. The van der Waals surface area contributed by atoms with Crippen molar-refractivity contribution < 1.29 is 23.7 Å². The second-order valence-corrected chi connectivity index (χ2v) is 5.57. The van der Waals surface area contributed by atoms with Gasteiger partial charge in [0, 0.05) is 5.56 Å². The van der Waals surface area contributed by atoms with Crippen molar-refractivity contribution in [3.05, 3.63) is 17.7 Å². The van der Waals surface area contributed by atoms with Gasteiger partial charge in [-0.2, -0.15) is 0 Å². The van der Waals surface area contributed by atoms with E-state index in [0.717, 1.165) is 0 Å². The molecule has 6 nitrogen and oxygen atoms in total. The number of hydrogen-bond donors (Lipinski definition) is 1. The molecule has 126 valence electrons. The lowest BCUT2D eigenvalue weighted by Gasteiger charge is -2.19. The van der Waals surface area contributed by atoms with Gasteiger partial charge in [-0.15, -0.1) is 0 Å². The van der Waals surface area contributed by atoms with Crippen molar-refractivity contribution in [2.24, 2.45) is 0 Å². The minimum atomic E-state index is -0.534. The molecule has 0 saturated heterocycles. The van der Waals surface area contributed by atoms with Gasteiger partial charge >= 0.3 is 6.09 Å². The number of amides is 1. The third-order valence-corrected chi connectivity index (χ3v) is 2.62. The second kappa shape index (κ2) is 8.18. The number of alkyl carbamates (subject to hydrolysis) is 1. The molecule has 1 aromatic rings. The van der Waals surface area contributed by atoms with E-state index in [0.29, 0.717) is 22.8 Å². The maximum absolute atomic E-state index is 11.5. The maximum atomic E-state index is 11.5. The van der Waals surface area contributed by atoms with Crippen LogP contribution in [0.25, 0.3) is 0 Å². The van der Waals surface area contributed by atoms with Crippen LogP contribution in [0.4, 0.5) is 4.79 Å². The van der Waals surface area contributed by atoms with Crippen LogP contribution in [0.3, 0.4) is 0 Å². The van der Waals surface area contributed by atoms with E-state index in [1.165, 1.54) is 7.11 Å². The molecule has 0 fully saturated rings. The zero-order chi connectivity index (χ0) is 17.5. The van der Waals surface area contributed by atoms with Crippen molar-refractivity contribution in [2.75, 3.05) is 27.9 Å². The monoisotopic (exact) mass is 321 g/mol. The molecule has 0 aliphatic rings. The molecule has 0 unspecified atom stereocenters. The van der Waals surface area contributed by atoms with Crippen molar-refractivity contribution in [1.82, 2.24) is 5.32 Å². The van der Waals surface area contributed by atoms with Crippen molar-refractivity contribution >= 4 is 6.09 Å². The van der Waals surface area contributed by atoms with Crippen molar-refractivity contribution in [2.45, 2.75) is 26.4 Å². The number of benzene rings is 1. The summed E-state index contributed by atoms with van der Waals surface area (Å²) in [5.41, 5.74) is 0.152. The number of carbonyl (C=O) groups is 1. The summed E-state index contributed by atoms with van der Waals surface area (Å²) in [5, 5.41) is 2.57. The molecule has 0 atom stereocenters. The van der Waals surface area contributed by atoms with E-state index in [1.54, 1.807) is 47.1 Å². The zero-order valence-electron chi connectivity index (χ0n) is 14.4. The molecule has 1 aromatic carbocycles. The summed E-state index contributed by atoms with van der Waals surface area (Å²) in [6.07, 6.45) is -0.503. The normalized spacial score (nSPS) is 10.2. The van der Waals surface area contributed by atoms with Crippen LogP contribution in [0.5, 0.6) is 17.2 Å². The van der Waals surface area contributed by atoms with Crippen LogP contribution in [-0.4, -0.2) is 39.6 Å². The van der Waals surface area contributed by atoms with E-state index >= 15 is 0 Å². The molecule has 0 bridgehead atoms.